The van der Waals surface area contributed by atoms with Crippen LogP contribution in [0, 0.1) is 0 Å². The van der Waals surface area contributed by atoms with Gasteiger partial charge in [0, 0.05) is 0 Å². The van der Waals surface area contributed by atoms with E-state index in [1.54, 1.807) is 6.92 Å². The quantitative estimate of drug-likeness (QED) is 0.453. The van der Waals surface area contributed by atoms with Crippen LogP contribution in [0.1, 0.15) is 41.6 Å². The fraction of sp³-hybridized carbons (Fsp3) is 0.316. The zero-order chi connectivity index (χ0) is 18.8. The van der Waals surface area contributed by atoms with Crippen molar-refractivity contribution in [3.05, 3.63) is 40.8 Å². The van der Waals surface area contributed by atoms with E-state index < -0.39 is 0 Å². The summed E-state index contributed by atoms with van der Waals surface area (Å²) in [5.41, 5.74) is 3.33. The van der Waals surface area contributed by atoms with E-state index in [4.69, 9.17) is 4.74 Å². The molecular weight excluding hydrogens is 382 g/mol. The third kappa shape index (κ3) is 4.01. The minimum atomic E-state index is -0.360. The van der Waals surface area contributed by atoms with Crippen molar-refractivity contribution < 1.29 is 14.3 Å². The molecule has 1 saturated carbocycles. The maximum Gasteiger partial charge on any atom is 0.341 e. The summed E-state index contributed by atoms with van der Waals surface area (Å²) >= 11 is 2.72. The molecule has 0 saturated heterocycles. The Morgan fingerprint density at radius 3 is 2.93 bits per heavy atom. The average Bonchev–Trinajstić information content (AvgIpc) is 3.28. The number of anilines is 1. The molecule has 4 rings (SSSR count). The lowest BCUT2D eigenvalue weighted by atomic mass is 10.1. The first-order chi connectivity index (χ1) is 13.2. The maximum absolute atomic E-state index is 12.4. The molecule has 1 amide bonds. The largest absolute Gasteiger partial charge is 0.462 e. The zero-order valence-corrected chi connectivity index (χ0v) is 16.4. The van der Waals surface area contributed by atoms with Crippen molar-refractivity contribution in [1.82, 2.24) is 9.97 Å². The first-order valence-electron chi connectivity index (χ1n) is 8.81. The van der Waals surface area contributed by atoms with Gasteiger partial charge in [-0.3, -0.25) is 4.79 Å². The number of nitrogens with one attached hydrogen (secondary N) is 2. The fourth-order valence-corrected chi connectivity index (χ4v) is 4.60. The number of H-pyrrole nitrogens is 1. The van der Waals surface area contributed by atoms with Gasteiger partial charge in [0.1, 0.15) is 5.00 Å². The third-order valence-electron chi connectivity index (χ3n) is 4.28. The summed E-state index contributed by atoms with van der Waals surface area (Å²) in [6, 6.07) is 7.73. The van der Waals surface area contributed by atoms with Crippen LogP contribution in [-0.4, -0.2) is 34.2 Å². The lowest BCUT2D eigenvalue weighted by Gasteiger charge is -2.08. The molecule has 8 heteroatoms. The Morgan fingerprint density at radius 2 is 2.19 bits per heavy atom. The van der Waals surface area contributed by atoms with Gasteiger partial charge >= 0.3 is 5.97 Å². The van der Waals surface area contributed by atoms with E-state index in [9.17, 15) is 9.59 Å². The van der Waals surface area contributed by atoms with E-state index in [0.29, 0.717) is 28.2 Å². The van der Waals surface area contributed by atoms with E-state index in [-0.39, 0.29) is 17.6 Å². The molecule has 0 spiro atoms. The lowest BCUT2D eigenvalue weighted by Crippen LogP contribution is -2.16. The monoisotopic (exact) mass is 401 g/mol. The van der Waals surface area contributed by atoms with Crippen LogP contribution in [0.25, 0.3) is 11.0 Å². The number of nitrogens with zero attached hydrogens (tertiary/aromatic N) is 1. The predicted molar refractivity (Wildman–Crippen MR) is 108 cm³/mol. The zero-order valence-electron chi connectivity index (χ0n) is 14.8. The molecular formula is C19H19N3O3S2. The molecule has 0 unspecified atom stereocenters. The molecule has 27 heavy (non-hydrogen) atoms. The SMILES string of the molecule is CCOC(=O)c1c(C2CC2)csc1NC(=O)CSc1nc2ccccc2[nH]1. The first-order valence-corrected chi connectivity index (χ1v) is 10.7. The molecule has 0 aliphatic heterocycles. The number of carbonyl (C=O) groups excluding carboxylic acids is 2. The number of aromatic amines is 1. The average molecular weight is 402 g/mol. The molecule has 1 fully saturated rings. The summed E-state index contributed by atoms with van der Waals surface area (Å²) in [5, 5.41) is 6.11. The van der Waals surface area contributed by atoms with Crippen LogP contribution in [0.2, 0.25) is 0 Å². The number of imidazole rings is 1. The molecule has 6 nitrogen and oxygen atoms in total. The van der Waals surface area contributed by atoms with Gasteiger partial charge in [0.25, 0.3) is 0 Å². The van der Waals surface area contributed by atoms with Gasteiger partial charge in [-0.2, -0.15) is 0 Å². The summed E-state index contributed by atoms with van der Waals surface area (Å²) in [4.78, 5) is 32.4. The second kappa shape index (κ2) is 7.74. The van der Waals surface area contributed by atoms with Gasteiger partial charge in [-0.25, -0.2) is 9.78 Å². The molecule has 1 aliphatic carbocycles. The second-order valence-electron chi connectivity index (χ2n) is 6.29. The summed E-state index contributed by atoms with van der Waals surface area (Å²) in [6.45, 7) is 2.09. The van der Waals surface area contributed by atoms with Gasteiger partial charge in [-0.05, 0) is 48.8 Å². The number of thioether (sulfide) groups is 1. The number of esters is 1. The minimum absolute atomic E-state index is 0.171. The Morgan fingerprint density at radius 1 is 1.37 bits per heavy atom. The molecule has 0 bridgehead atoms. The highest BCUT2D eigenvalue weighted by atomic mass is 32.2. The summed E-state index contributed by atoms with van der Waals surface area (Å²) in [6.07, 6.45) is 2.16. The minimum Gasteiger partial charge on any atom is -0.462 e. The van der Waals surface area contributed by atoms with Gasteiger partial charge in [0.2, 0.25) is 5.91 Å². The number of rotatable bonds is 7. The van der Waals surface area contributed by atoms with Gasteiger partial charge in [-0.15, -0.1) is 11.3 Å². The number of thiophene rings is 1. The predicted octanol–water partition coefficient (Wildman–Crippen LogP) is 4.41. The van der Waals surface area contributed by atoms with Crippen molar-refractivity contribution in [3.63, 3.8) is 0 Å². The lowest BCUT2D eigenvalue weighted by molar-refractivity contribution is -0.113. The number of hydrogen-bond donors (Lipinski definition) is 2. The highest BCUT2D eigenvalue weighted by Crippen LogP contribution is 2.46. The van der Waals surface area contributed by atoms with Crippen molar-refractivity contribution >= 4 is 51.0 Å². The van der Waals surface area contributed by atoms with Gasteiger partial charge in [-0.1, -0.05) is 23.9 Å². The Labute approximate surface area is 164 Å². The Kier molecular flexibility index (Phi) is 5.18. The Hall–Kier alpha value is -2.32. The van der Waals surface area contributed by atoms with Crippen LogP contribution in [-0.2, 0) is 9.53 Å². The Balaban J connectivity index is 1.43. The highest BCUT2D eigenvalue weighted by molar-refractivity contribution is 7.99. The molecule has 1 aromatic carbocycles. The number of carbonyl (C=O) groups is 2. The van der Waals surface area contributed by atoms with E-state index in [2.05, 4.69) is 15.3 Å². The third-order valence-corrected chi connectivity index (χ3v) is 6.06. The molecule has 3 aromatic rings. The van der Waals surface area contributed by atoms with Crippen LogP contribution in [0.4, 0.5) is 5.00 Å². The van der Waals surface area contributed by atoms with Crippen molar-refractivity contribution in [2.24, 2.45) is 0 Å². The number of ether oxygens (including phenoxy) is 1. The second-order valence-corrected chi connectivity index (χ2v) is 8.13. The molecule has 0 atom stereocenters. The normalized spacial score (nSPS) is 13.7. The fourth-order valence-electron chi connectivity index (χ4n) is 2.87. The van der Waals surface area contributed by atoms with Crippen LogP contribution in [0.3, 0.4) is 0 Å². The summed E-state index contributed by atoms with van der Waals surface area (Å²) in [5.74, 6) is 0.0889. The topological polar surface area (TPSA) is 84.1 Å². The smallest absolute Gasteiger partial charge is 0.341 e. The molecule has 0 radical (unpaired) electrons. The van der Waals surface area contributed by atoms with Crippen molar-refractivity contribution in [3.8, 4) is 0 Å². The molecule has 2 heterocycles. The number of hydrogen-bond acceptors (Lipinski definition) is 6. The van der Waals surface area contributed by atoms with Crippen molar-refractivity contribution in [1.29, 1.82) is 0 Å². The van der Waals surface area contributed by atoms with Crippen LogP contribution < -0.4 is 5.32 Å². The summed E-state index contributed by atoms with van der Waals surface area (Å²) < 4.78 is 5.19. The number of para-hydroxylation sites is 2. The van der Waals surface area contributed by atoms with Crippen LogP contribution in [0.15, 0.2) is 34.8 Å². The van der Waals surface area contributed by atoms with Crippen molar-refractivity contribution in [2.45, 2.75) is 30.8 Å². The van der Waals surface area contributed by atoms with Gasteiger partial charge in [0.15, 0.2) is 5.16 Å². The summed E-state index contributed by atoms with van der Waals surface area (Å²) in [7, 11) is 0. The molecule has 1 aliphatic rings. The van der Waals surface area contributed by atoms with Gasteiger partial charge in [0.05, 0.1) is 29.0 Å². The maximum atomic E-state index is 12.4. The van der Waals surface area contributed by atoms with Crippen LogP contribution in [0.5, 0.6) is 0 Å². The first kappa shape index (κ1) is 18.1. The van der Waals surface area contributed by atoms with E-state index in [0.717, 1.165) is 29.4 Å². The van der Waals surface area contributed by atoms with E-state index in [1.807, 2.05) is 29.6 Å². The van der Waals surface area contributed by atoms with E-state index >= 15 is 0 Å². The van der Waals surface area contributed by atoms with Crippen LogP contribution >= 0.6 is 23.1 Å². The molecule has 2 aromatic heterocycles. The van der Waals surface area contributed by atoms with E-state index in [1.165, 1.54) is 23.1 Å². The Bertz CT molecular complexity index is 958. The molecule has 140 valence electrons. The number of benzene rings is 1. The van der Waals surface area contributed by atoms with Gasteiger partial charge < -0.3 is 15.0 Å². The number of aromatic nitrogens is 2. The molecule has 2 N–H and O–H groups in total. The number of fused-ring (bicyclic) bond motifs is 1. The standard InChI is InChI=1S/C19H19N3O3S2/c1-2-25-18(24)16-12(11-7-8-11)9-26-17(16)22-15(23)10-27-19-20-13-5-3-4-6-14(13)21-19/h3-6,9,11H,2,7-8,10H2,1H3,(H,20,21)(H,22,23). The number of amides is 1. The van der Waals surface area contributed by atoms with Crippen molar-refractivity contribution in [2.75, 3.05) is 17.7 Å². The highest BCUT2D eigenvalue weighted by Gasteiger charge is 2.32.